The molecule has 1 aromatic rings. The van der Waals surface area contributed by atoms with Crippen molar-refractivity contribution in [3.8, 4) is 0 Å². The van der Waals surface area contributed by atoms with Crippen molar-refractivity contribution in [2.24, 2.45) is 17.6 Å². The maximum atomic E-state index is 12.5. The average Bonchev–Trinajstić information content (AvgIpc) is 2.47. The van der Waals surface area contributed by atoms with E-state index in [2.05, 4.69) is 31.3 Å². The molecule has 3 heteroatoms. The number of nitrogens with two attached hydrogens (primary N) is 1. The number of hydrogen-bond acceptors (Lipinski definition) is 2. The molecule has 2 rings (SSSR count). The maximum absolute atomic E-state index is 12.5. The molecular formula is C18H28N2O. The van der Waals surface area contributed by atoms with Gasteiger partial charge in [-0.25, -0.2) is 0 Å². The van der Waals surface area contributed by atoms with Crippen molar-refractivity contribution in [3.05, 3.63) is 35.9 Å². The lowest BCUT2D eigenvalue weighted by atomic mass is 9.85. The van der Waals surface area contributed by atoms with Gasteiger partial charge in [0, 0.05) is 12.0 Å². The fraction of sp³-hybridized carbons (Fsp3) is 0.611. The van der Waals surface area contributed by atoms with Crippen molar-refractivity contribution >= 4 is 5.91 Å². The zero-order valence-corrected chi connectivity index (χ0v) is 13.2. The summed E-state index contributed by atoms with van der Waals surface area (Å²) < 4.78 is 0. The van der Waals surface area contributed by atoms with Crippen LogP contribution in [0.4, 0.5) is 0 Å². The van der Waals surface area contributed by atoms with Gasteiger partial charge in [-0.15, -0.1) is 0 Å². The predicted octanol–water partition coefficient (Wildman–Crippen LogP) is 3.41. The fourth-order valence-corrected chi connectivity index (χ4v) is 3.19. The second-order valence-electron chi connectivity index (χ2n) is 6.73. The molecule has 21 heavy (non-hydrogen) atoms. The zero-order chi connectivity index (χ0) is 15.2. The molecule has 3 nitrogen and oxygen atoms in total. The third-order valence-corrected chi connectivity index (χ3v) is 4.31. The van der Waals surface area contributed by atoms with Gasteiger partial charge in [-0.2, -0.15) is 0 Å². The van der Waals surface area contributed by atoms with E-state index < -0.39 is 0 Å². The lowest BCUT2D eigenvalue weighted by molar-refractivity contribution is -0.127. The van der Waals surface area contributed by atoms with E-state index in [1.165, 1.54) is 5.56 Å². The minimum Gasteiger partial charge on any atom is -0.349 e. The smallest absolute Gasteiger partial charge is 0.223 e. The quantitative estimate of drug-likeness (QED) is 0.872. The zero-order valence-electron chi connectivity index (χ0n) is 13.2. The molecule has 0 aromatic heterocycles. The first kappa shape index (κ1) is 16.0. The maximum Gasteiger partial charge on any atom is 0.223 e. The van der Waals surface area contributed by atoms with E-state index in [1.807, 2.05) is 18.2 Å². The number of nitrogens with one attached hydrogen (secondary N) is 1. The summed E-state index contributed by atoms with van der Waals surface area (Å²) in [5.74, 6) is 0.816. The van der Waals surface area contributed by atoms with Crippen LogP contribution >= 0.6 is 0 Å². The number of benzene rings is 1. The van der Waals surface area contributed by atoms with Crippen LogP contribution in [-0.4, -0.2) is 11.9 Å². The van der Waals surface area contributed by atoms with Crippen molar-refractivity contribution in [1.82, 2.24) is 5.32 Å². The Morgan fingerprint density at radius 3 is 2.62 bits per heavy atom. The largest absolute Gasteiger partial charge is 0.349 e. The Kier molecular flexibility index (Phi) is 5.80. The summed E-state index contributed by atoms with van der Waals surface area (Å²) in [5.41, 5.74) is 7.20. The molecular weight excluding hydrogens is 260 g/mol. The van der Waals surface area contributed by atoms with E-state index in [9.17, 15) is 4.79 Å². The Bertz CT molecular complexity index is 444. The third-order valence-electron chi connectivity index (χ3n) is 4.31. The molecule has 3 unspecified atom stereocenters. The molecule has 1 fully saturated rings. The molecule has 0 radical (unpaired) electrons. The van der Waals surface area contributed by atoms with Crippen molar-refractivity contribution in [2.45, 2.75) is 58.0 Å². The number of rotatable bonds is 5. The first-order valence-corrected chi connectivity index (χ1v) is 8.17. The van der Waals surface area contributed by atoms with Gasteiger partial charge in [0.1, 0.15) is 0 Å². The van der Waals surface area contributed by atoms with Gasteiger partial charge in [-0.05, 0) is 37.2 Å². The summed E-state index contributed by atoms with van der Waals surface area (Å²) in [4.78, 5) is 12.5. The summed E-state index contributed by atoms with van der Waals surface area (Å²) in [5, 5.41) is 3.26. The van der Waals surface area contributed by atoms with Gasteiger partial charge >= 0.3 is 0 Å². The molecule has 116 valence electrons. The Morgan fingerprint density at radius 1 is 1.29 bits per heavy atom. The van der Waals surface area contributed by atoms with E-state index in [4.69, 9.17) is 5.73 Å². The van der Waals surface area contributed by atoms with Crippen molar-refractivity contribution in [1.29, 1.82) is 0 Å². The van der Waals surface area contributed by atoms with Crippen molar-refractivity contribution in [3.63, 3.8) is 0 Å². The van der Waals surface area contributed by atoms with Gasteiger partial charge in [-0.3, -0.25) is 4.79 Å². The topological polar surface area (TPSA) is 55.1 Å². The lowest BCUT2D eigenvalue weighted by Gasteiger charge is -2.28. The van der Waals surface area contributed by atoms with E-state index in [1.54, 1.807) is 0 Å². The second kappa shape index (κ2) is 7.60. The van der Waals surface area contributed by atoms with Crippen LogP contribution in [0.5, 0.6) is 0 Å². The van der Waals surface area contributed by atoms with E-state index in [0.29, 0.717) is 5.92 Å². The SMILES string of the molecule is CC(C)CC(NC(=O)C1CCCC(N)C1)c1ccccc1. The number of amides is 1. The van der Waals surface area contributed by atoms with Gasteiger partial charge < -0.3 is 11.1 Å². The molecule has 0 aliphatic heterocycles. The molecule has 3 atom stereocenters. The molecule has 1 aromatic carbocycles. The van der Waals surface area contributed by atoms with Crippen molar-refractivity contribution in [2.75, 3.05) is 0 Å². The van der Waals surface area contributed by atoms with Gasteiger partial charge in [0.05, 0.1) is 6.04 Å². The van der Waals surface area contributed by atoms with Crippen LogP contribution in [0.1, 0.15) is 57.6 Å². The summed E-state index contributed by atoms with van der Waals surface area (Å²) in [7, 11) is 0. The molecule has 1 amide bonds. The van der Waals surface area contributed by atoms with Crippen LogP contribution in [0.15, 0.2) is 30.3 Å². The summed E-state index contributed by atoms with van der Waals surface area (Å²) >= 11 is 0. The highest BCUT2D eigenvalue weighted by Gasteiger charge is 2.27. The minimum atomic E-state index is 0.0899. The first-order valence-electron chi connectivity index (χ1n) is 8.17. The predicted molar refractivity (Wildman–Crippen MR) is 86.7 cm³/mol. The first-order chi connectivity index (χ1) is 10.1. The molecule has 3 N–H and O–H groups in total. The lowest BCUT2D eigenvalue weighted by Crippen LogP contribution is -2.39. The van der Waals surface area contributed by atoms with Crippen LogP contribution in [0.25, 0.3) is 0 Å². The average molecular weight is 288 g/mol. The normalized spacial score (nSPS) is 23.8. The number of carbonyl (C=O) groups is 1. The highest BCUT2D eigenvalue weighted by Crippen LogP contribution is 2.26. The Labute approximate surface area is 128 Å². The molecule has 0 spiro atoms. The van der Waals surface area contributed by atoms with Crippen LogP contribution in [-0.2, 0) is 4.79 Å². The van der Waals surface area contributed by atoms with E-state index in [-0.39, 0.29) is 23.9 Å². The van der Waals surface area contributed by atoms with E-state index >= 15 is 0 Å². The summed E-state index contributed by atoms with van der Waals surface area (Å²) in [6, 6.07) is 10.6. The molecule has 0 heterocycles. The van der Waals surface area contributed by atoms with Crippen LogP contribution in [0, 0.1) is 11.8 Å². The highest BCUT2D eigenvalue weighted by atomic mass is 16.1. The molecule has 0 bridgehead atoms. The van der Waals surface area contributed by atoms with Crippen LogP contribution in [0.3, 0.4) is 0 Å². The number of hydrogen-bond donors (Lipinski definition) is 2. The van der Waals surface area contributed by atoms with E-state index in [0.717, 1.165) is 32.1 Å². The standard InChI is InChI=1S/C18H28N2O/c1-13(2)11-17(14-7-4-3-5-8-14)20-18(21)15-9-6-10-16(19)12-15/h3-5,7-8,13,15-17H,6,9-12,19H2,1-2H3,(H,20,21). The van der Waals surface area contributed by atoms with Crippen LogP contribution < -0.4 is 11.1 Å². The monoisotopic (exact) mass is 288 g/mol. The van der Waals surface area contributed by atoms with Gasteiger partial charge in [0.25, 0.3) is 0 Å². The summed E-state index contributed by atoms with van der Waals surface area (Å²) in [6.45, 7) is 4.39. The van der Waals surface area contributed by atoms with Crippen LogP contribution in [0.2, 0.25) is 0 Å². The third kappa shape index (κ3) is 4.85. The minimum absolute atomic E-state index is 0.0899. The van der Waals surface area contributed by atoms with Gasteiger partial charge in [0.2, 0.25) is 5.91 Å². The molecule has 0 saturated heterocycles. The Hall–Kier alpha value is -1.35. The Balaban J connectivity index is 2.02. The molecule has 1 saturated carbocycles. The number of carbonyl (C=O) groups excluding carboxylic acids is 1. The fourth-order valence-electron chi connectivity index (χ4n) is 3.19. The second-order valence-corrected chi connectivity index (χ2v) is 6.73. The highest BCUT2D eigenvalue weighted by molar-refractivity contribution is 5.79. The molecule has 1 aliphatic rings. The van der Waals surface area contributed by atoms with Gasteiger partial charge in [0.15, 0.2) is 0 Å². The van der Waals surface area contributed by atoms with Crippen molar-refractivity contribution < 1.29 is 4.79 Å². The molecule has 1 aliphatic carbocycles. The summed E-state index contributed by atoms with van der Waals surface area (Å²) in [6.07, 6.45) is 4.89. The van der Waals surface area contributed by atoms with Gasteiger partial charge in [-0.1, -0.05) is 50.6 Å². The Morgan fingerprint density at radius 2 is 2.00 bits per heavy atom.